The van der Waals surface area contributed by atoms with E-state index in [0.29, 0.717) is 18.7 Å². The van der Waals surface area contributed by atoms with Crippen LogP contribution in [0.3, 0.4) is 0 Å². The number of thiol groups is 1. The van der Waals surface area contributed by atoms with Gasteiger partial charge in [0.2, 0.25) is 0 Å². The van der Waals surface area contributed by atoms with Gasteiger partial charge in [-0.2, -0.15) is 12.6 Å². The lowest BCUT2D eigenvalue weighted by molar-refractivity contribution is -0.147. The molecule has 1 aliphatic rings. The number of piperidine rings is 1. The van der Waals surface area contributed by atoms with Crippen molar-refractivity contribution >= 4 is 36.0 Å². The average Bonchev–Trinajstić information content (AvgIpc) is 3.12. The molecule has 1 aliphatic heterocycles. The number of benzene rings is 1. The Morgan fingerprint density at radius 3 is 3.00 bits per heavy atom. The smallest absolute Gasteiger partial charge is 0.327 e. The molecule has 4 nitrogen and oxygen atoms in total. The lowest BCUT2D eigenvalue weighted by Gasteiger charge is -2.36. The van der Waals surface area contributed by atoms with Crippen molar-refractivity contribution < 1.29 is 13.9 Å². The predicted molar refractivity (Wildman–Crippen MR) is 100 cm³/mol. The van der Waals surface area contributed by atoms with E-state index in [1.165, 1.54) is 13.2 Å². The largest absolute Gasteiger partial charge is 0.468 e. The zero-order valence-electron chi connectivity index (χ0n) is 13.8. The van der Waals surface area contributed by atoms with Crippen LogP contribution >= 0.6 is 24.0 Å². The third kappa shape index (κ3) is 4.11. The zero-order chi connectivity index (χ0) is 17.8. The van der Waals surface area contributed by atoms with E-state index in [9.17, 15) is 9.18 Å². The maximum Gasteiger partial charge on any atom is 0.327 e. The summed E-state index contributed by atoms with van der Waals surface area (Å²) in [6.07, 6.45) is 4.52. The number of hydrogen-bond acceptors (Lipinski definition) is 6. The summed E-state index contributed by atoms with van der Waals surface area (Å²) in [5.74, 6) is -0.868. The Balaban J connectivity index is 1.91. The number of hydrogen-bond donors (Lipinski definition) is 1. The van der Waals surface area contributed by atoms with Crippen molar-refractivity contribution in [2.45, 2.75) is 17.7 Å². The maximum atomic E-state index is 14.3. The van der Waals surface area contributed by atoms with Crippen LogP contribution in [-0.2, 0) is 9.53 Å². The lowest BCUT2D eigenvalue weighted by atomic mass is 9.98. The molecule has 1 fully saturated rings. The number of thiazole rings is 1. The van der Waals surface area contributed by atoms with Gasteiger partial charge in [-0.3, -0.25) is 4.90 Å². The Morgan fingerprint density at radius 1 is 1.52 bits per heavy atom. The standard InChI is InChI=1S/C18H19FN2O2S2/c1-23-18(22)17(13-4-2-3-5-14(13)19)21-8-6-15(24)12(11-21)10-16-20-7-9-25-16/h2-5,7,9-10,15,17,24H,6,8,11H2,1H3. The fraction of sp³-hybridized carbons (Fsp3) is 0.333. The van der Waals surface area contributed by atoms with Crippen molar-refractivity contribution in [3.63, 3.8) is 0 Å². The molecule has 1 aromatic heterocycles. The van der Waals surface area contributed by atoms with Crippen molar-refractivity contribution in [3.05, 3.63) is 57.8 Å². The molecule has 0 N–H and O–H groups in total. The highest BCUT2D eigenvalue weighted by molar-refractivity contribution is 7.81. The second-order valence-corrected chi connectivity index (χ2v) is 7.36. The molecule has 0 spiro atoms. The van der Waals surface area contributed by atoms with Crippen LogP contribution in [0.25, 0.3) is 6.08 Å². The molecule has 0 amide bonds. The molecular formula is C18H19FN2O2S2. The SMILES string of the molecule is COC(=O)C(c1ccccc1F)N1CCC(S)C(=Cc2nccs2)C1. The van der Waals surface area contributed by atoms with E-state index in [-0.39, 0.29) is 5.25 Å². The van der Waals surface area contributed by atoms with Gasteiger partial charge in [0.15, 0.2) is 0 Å². The number of carbonyl (C=O) groups is 1. The Labute approximate surface area is 155 Å². The number of esters is 1. The molecule has 3 rings (SSSR count). The van der Waals surface area contributed by atoms with Gasteiger partial charge in [0.05, 0.1) is 7.11 Å². The molecule has 2 unspecified atom stereocenters. The first-order valence-electron chi connectivity index (χ1n) is 7.94. The van der Waals surface area contributed by atoms with E-state index in [2.05, 4.69) is 17.6 Å². The van der Waals surface area contributed by atoms with E-state index in [1.54, 1.807) is 35.7 Å². The lowest BCUT2D eigenvalue weighted by Crippen LogP contribution is -2.42. The van der Waals surface area contributed by atoms with E-state index in [0.717, 1.165) is 17.0 Å². The zero-order valence-corrected chi connectivity index (χ0v) is 15.5. The Hall–Kier alpha value is -1.70. The van der Waals surface area contributed by atoms with Crippen LogP contribution in [0.1, 0.15) is 23.0 Å². The van der Waals surface area contributed by atoms with Crippen molar-refractivity contribution in [2.24, 2.45) is 0 Å². The molecule has 0 aliphatic carbocycles. The van der Waals surface area contributed by atoms with Gasteiger partial charge in [-0.05, 0) is 24.1 Å². The van der Waals surface area contributed by atoms with Gasteiger partial charge in [0.1, 0.15) is 16.9 Å². The molecule has 132 valence electrons. The van der Waals surface area contributed by atoms with Crippen LogP contribution in [0.2, 0.25) is 0 Å². The molecule has 0 radical (unpaired) electrons. The first kappa shape index (κ1) is 18.1. The van der Waals surface area contributed by atoms with Crippen LogP contribution in [0.5, 0.6) is 0 Å². The number of likely N-dealkylation sites (tertiary alicyclic amines) is 1. The van der Waals surface area contributed by atoms with E-state index in [4.69, 9.17) is 4.74 Å². The number of aromatic nitrogens is 1. The van der Waals surface area contributed by atoms with Gasteiger partial charge in [-0.25, -0.2) is 14.2 Å². The van der Waals surface area contributed by atoms with E-state index < -0.39 is 17.8 Å². The summed E-state index contributed by atoms with van der Waals surface area (Å²) < 4.78 is 19.2. The van der Waals surface area contributed by atoms with E-state index >= 15 is 0 Å². The molecule has 0 bridgehead atoms. The third-order valence-electron chi connectivity index (χ3n) is 4.25. The minimum atomic E-state index is -0.772. The molecule has 2 heterocycles. The topological polar surface area (TPSA) is 42.4 Å². The van der Waals surface area contributed by atoms with Crippen molar-refractivity contribution in [1.29, 1.82) is 0 Å². The third-order valence-corrected chi connectivity index (χ3v) is 5.57. The molecule has 25 heavy (non-hydrogen) atoms. The van der Waals surface area contributed by atoms with Crippen LogP contribution in [0.4, 0.5) is 4.39 Å². The summed E-state index contributed by atoms with van der Waals surface area (Å²) in [4.78, 5) is 18.6. The second-order valence-electron chi connectivity index (χ2n) is 5.81. The molecule has 2 aromatic rings. The molecule has 1 saturated heterocycles. The number of rotatable bonds is 4. The van der Waals surface area contributed by atoms with Gasteiger partial charge < -0.3 is 4.74 Å². The summed E-state index contributed by atoms with van der Waals surface area (Å²) in [7, 11) is 1.33. The minimum Gasteiger partial charge on any atom is -0.468 e. The highest BCUT2D eigenvalue weighted by Crippen LogP contribution is 2.32. The van der Waals surface area contributed by atoms with Crippen LogP contribution in [0, 0.1) is 5.82 Å². The van der Waals surface area contributed by atoms with Gasteiger partial charge in [-0.1, -0.05) is 18.2 Å². The first-order valence-corrected chi connectivity index (χ1v) is 9.34. The fourth-order valence-electron chi connectivity index (χ4n) is 3.00. The van der Waals surface area contributed by atoms with Crippen LogP contribution < -0.4 is 0 Å². The minimum absolute atomic E-state index is 0.0964. The normalized spacial score (nSPS) is 21.2. The van der Waals surface area contributed by atoms with Gasteiger partial charge in [0.25, 0.3) is 0 Å². The highest BCUT2D eigenvalue weighted by atomic mass is 32.1. The Kier molecular flexibility index (Phi) is 5.88. The second kappa shape index (κ2) is 8.12. The quantitative estimate of drug-likeness (QED) is 0.652. The fourth-order valence-corrected chi connectivity index (χ4v) is 3.87. The highest BCUT2D eigenvalue weighted by Gasteiger charge is 2.34. The van der Waals surface area contributed by atoms with E-state index in [1.807, 2.05) is 16.4 Å². The van der Waals surface area contributed by atoms with Crippen LogP contribution in [0.15, 0.2) is 41.4 Å². The summed E-state index contributed by atoms with van der Waals surface area (Å²) in [5.41, 5.74) is 1.40. The molecule has 1 aromatic carbocycles. The number of halogens is 1. The number of methoxy groups -OCH3 is 1. The molecule has 2 atom stereocenters. The van der Waals surface area contributed by atoms with Crippen molar-refractivity contribution in [2.75, 3.05) is 20.2 Å². The first-order chi connectivity index (χ1) is 12.1. The Morgan fingerprint density at radius 2 is 2.32 bits per heavy atom. The van der Waals surface area contributed by atoms with Crippen LogP contribution in [-0.4, -0.2) is 41.3 Å². The molecule has 7 heteroatoms. The monoisotopic (exact) mass is 378 g/mol. The van der Waals surface area contributed by atoms with Gasteiger partial charge >= 0.3 is 5.97 Å². The molecule has 0 saturated carbocycles. The van der Waals surface area contributed by atoms with Crippen molar-refractivity contribution in [1.82, 2.24) is 9.88 Å². The molecular weight excluding hydrogens is 359 g/mol. The summed E-state index contributed by atoms with van der Waals surface area (Å²) >= 11 is 6.20. The number of ether oxygens (including phenoxy) is 1. The predicted octanol–water partition coefficient (Wildman–Crippen LogP) is 3.58. The van der Waals surface area contributed by atoms with Gasteiger partial charge in [-0.15, -0.1) is 11.3 Å². The average molecular weight is 378 g/mol. The summed E-state index contributed by atoms with van der Waals surface area (Å²) in [6, 6.07) is 5.57. The summed E-state index contributed by atoms with van der Waals surface area (Å²) in [5, 5.41) is 2.91. The number of nitrogens with zero attached hydrogens (tertiary/aromatic N) is 2. The summed E-state index contributed by atoms with van der Waals surface area (Å²) in [6.45, 7) is 1.15. The van der Waals surface area contributed by atoms with Crippen molar-refractivity contribution in [3.8, 4) is 0 Å². The Bertz CT molecular complexity index is 764. The maximum absolute atomic E-state index is 14.3. The number of carbonyl (C=O) groups excluding carboxylic acids is 1. The van der Waals surface area contributed by atoms with Gasteiger partial charge in [0, 0.05) is 35.5 Å².